The number of likely N-dealkylation sites (N-methyl/N-ethyl adjacent to an activating group) is 1. The highest BCUT2D eigenvalue weighted by Crippen LogP contribution is 2.23. The molecule has 1 aromatic rings. The Bertz CT molecular complexity index is 338. The average Bonchev–Trinajstić information content (AvgIpc) is 2.35. The van der Waals surface area contributed by atoms with Gasteiger partial charge in [0.25, 0.3) is 0 Å². The predicted molar refractivity (Wildman–Crippen MR) is 65.7 cm³/mol. The summed E-state index contributed by atoms with van der Waals surface area (Å²) < 4.78 is 0. The Labute approximate surface area is 96.9 Å². The van der Waals surface area contributed by atoms with Crippen molar-refractivity contribution in [2.45, 2.75) is 32.6 Å². The molecule has 0 saturated heterocycles. The molecule has 0 aromatic carbocycles. The van der Waals surface area contributed by atoms with Crippen molar-refractivity contribution in [1.29, 1.82) is 0 Å². The van der Waals surface area contributed by atoms with Gasteiger partial charge in [-0.1, -0.05) is 6.92 Å². The summed E-state index contributed by atoms with van der Waals surface area (Å²) in [5.74, 6) is 1.04. The second-order valence-corrected chi connectivity index (χ2v) is 4.13. The molecular weight excluding hydrogens is 200 g/mol. The van der Waals surface area contributed by atoms with Crippen molar-refractivity contribution >= 4 is 5.82 Å². The van der Waals surface area contributed by atoms with Crippen molar-refractivity contribution in [2.75, 3.05) is 25.0 Å². The molecule has 1 aliphatic rings. The van der Waals surface area contributed by atoms with Crippen LogP contribution in [-0.2, 0) is 12.8 Å². The van der Waals surface area contributed by atoms with Crippen LogP contribution in [0.3, 0.4) is 0 Å². The van der Waals surface area contributed by atoms with Gasteiger partial charge in [-0.05, 0) is 32.2 Å². The molecule has 0 bridgehead atoms. The molecule has 2 rings (SSSR count). The van der Waals surface area contributed by atoms with Crippen LogP contribution in [0.15, 0.2) is 6.33 Å². The molecule has 2 N–H and O–H groups in total. The van der Waals surface area contributed by atoms with Gasteiger partial charge in [0.05, 0.1) is 0 Å². The standard InChI is InChI=1S/C12H20N4/c1-2-13-7-8-14-12-10-5-3-4-6-11(10)15-9-16-12/h9,13H,2-8H2,1H3,(H,14,15,16). The van der Waals surface area contributed by atoms with Gasteiger partial charge in [0.1, 0.15) is 12.1 Å². The molecule has 88 valence electrons. The molecule has 1 aromatic heterocycles. The molecule has 4 nitrogen and oxygen atoms in total. The maximum Gasteiger partial charge on any atom is 0.132 e. The predicted octanol–water partition coefficient (Wildman–Crippen LogP) is 1.38. The van der Waals surface area contributed by atoms with E-state index in [4.69, 9.17) is 0 Å². The Morgan fingerprint density at radius 3 is 2.94 bits per heavy atom. The number of anilines is 1. The molecule has 16 heavy (non-hydrogen) atoms. The third-order valence-electron chi connectivity index (χ3n) is 2.97. The minimum Gasteiger partial charge on any atom is -0.368 e. The maximum atomic E-state index is 4.36. The van der Waals surface area contributed by atoms with Gasteiger partial charge in [-0.25, -0.2) is 9.97 Å². The number of hydrogen-bond acceptors (Lipinski definition) is 4. The highest BCUT2D eigenvalue weighted by Gasteiger charge is 2.14. The van der Waals surface area contributed by atoms with E-state index in [1.807, 2.05) is 0 Å². The monoisotopic (exact) mass is 220 g/mol. The van der Waals surface area contributed by atoms with E-state index in [2.05, 4.69) is 27.5 Å². The summed E-state index contributed by atoms with van der Waals surface area (Å²) >= 11 is 0. The number of nitrogens with zero attached hydrogens (tertiary/aromatic N) is 2. The zero-order valence-electron chi connectivity index (χ0n) is 9.92. The fourth-order valence-corrected chi connectivity index (χ4v) is 2.12. The van der Waals surface area contributed by atoms with Gasteiger partial charge in [-0.2, -0.15) is 0 Å². The van der Waals surface area contributed by atoms with E-state index >= 15 is 0 Å². The summed E-state index contributed by atoms with van der Waals surface area (Å²) in [6.07, 6.45) is 6.45. The molecule has 0 spiro atoms. The topological polar surface area (TPSA) is 49.8 Å². The van der Waals surface area contributed by atoms with Gasteiger partial charge in [-0.15, -0.1) is 0 Å². The quantitative estimate of drug-likeness (QED) is 0.736. The summed E-state index contributed by atoms with van der Waals surface area (Å²) in [5, 5.41) is 6.69. The van der Waals surface area contributed by atoms with Crippen molar-refractivity contribution in [2.24, 2.45) is 0 Å². The zero-order chi connectivity index (χ0) is 11.2. The Hall–Kier alpha value is -1.16. The molecule has 1 heterocycles. The fourth-order valence-electron chi connectivity index (χ4n) is 2.12. The van der Waals surface area contributed by atoms with Gasteiger partial charge < -0.3 is 10.6 Å². The van der Waals surface area contributed by atoms with Crippen LogP contribution in [-0.4, -0.2) is 29.6 Å². The average molecular weight is 220 g/mol. The number of aromatic nitrogens is 2. The number of rotatable bonds is 5. The van der Waals surface area contributed by atoms with Gasteiger partial charge >= 0.3 is 0 Å². The van der Waals surface area contributed by atoms with Crippen molar-refractivity contribution in [3.8, 4) is 0 Å². The van der Waals surface area contributed by atoms with Gasteiger partial charge in [0, 0.05) is 24.3 Å². The Balaban J connectivity index is 1.97. The number of fused-ring (bicyclic) bond motifs is 1. The van der Waals surface area contributed by atoms with E-state index in [0.717, 1.165) is 38.3 Å². The second-order valence-electron chi connectivity index (χ2n) is 4.13. The van der Waals surface area contributed by atoms with Crippen LogP contribution >= 0.6 is 0 Å². The number of nitrogens with one attached hydrogen (secondary N) is 2. The highest BCUT2D eigenvalue weighted by atomic mass is 15.0. The van der Waals surface area contributed by atoms with E-state index in [0.29, 0.717) is 0 Å². The Morgan fingerprint density at radius 2 is 2.06 bits per heavy atom. The fraction of sp³-hybridized carbons (Fsp3) is 0.667. The van der Waals surface area contributed by atoms with Crippen LogP contribution in [0.4, 0.5) is 5.82 Å². The first-order valence-electron chi connectivity index (χ1n) is 6.19. The van der Waals surface area contributed by atoms with Crippen molar-refractivity contribution < 1.29 is 0 Å². The van der Waals surface area contributed by atoms with E-state index in [-0.39, 0.29) is 0 Å². The Kier molecular flexibility index (Phi) is 4.10. The summed E-state index contributed by atoms with van der Waals surface area (Å²) in [4.78, 5) is 8.70. The van der Waals surface area contributed by atoms with E-state index in [9.17, 15) is 0 Å². The second kappa shape index (κ2) is 5.80. The smallest absolute Gasteiger partial charge is 0.132 e. The number of hydrogen-bond donors (Lipinski definition) is 2. The first-order chi connectivity index (χ1) is 7.92. The van der Waals surface area contributed by atoms with Crippen molar-refractivity contribution in [3.05, 3.63) is 17.6 Å². The van der Waals surface area contributed by atoms with Crippen molar-refractivity contribution in [3.63, 3.8) is 0 Å². The molecule has 0 radical (unpaired) electrons. The molecule has 0 fully saturated rings. The molecule has 0 unspecified atom stereocenters. The molecule has 4 heteroatoms. The first-order valence-corrected chi connectivity index (χ1v) is 6.19. The maximum absolute atomic E-state index is 4.36. The third-order valence-corrected chi connectivity index (χ3v) is 2.97. The van der Waals surface area contributed by atoms with Crippen LogP contribution in [0.1, 0.15) is 31.0 Å². The SMILES string of the molecule is CCNCCNc1ncnc2c1CCCC2. The van der Waals surface area contributed by atoms with Crippen LogP contribution in [0.2, 0.25) is 0 Å². The molecule has 0 atom stereocenters. The summed E-state index contributed by atoms with van der Waals surface area (Å²) in [6, 6.07) is 0. The lowest BCUT2D eigenvalue weighted by Crippen LogP contribution is -2.23. The van der Waals surface area contributed by atoms with Gasteiger partial charge in [0.2, 0.25) is 0 Å². The van der Waals surface area contributed by atoms with Crippen LogP contribution in [0.5, 0.6) is 0 Å². The highest BCUT2D eigenvalue weighted by molar-refractivity contribution is 5.46. The van der Waals surface area contributed by atoms with E-state index in [1.54, 1.807) is 6.33 Å². The molecule has 1 aliphatic carbocycles. The summed E-state index contributed by atoms with van der Waals surface area (Å²) in [6.45, 7) is 5.04. The lowest BCUT2D eigenvalue weighted by molar-refractivity contribution is 0.662. The molecule has 0 saturated carbocycles. The third kappa shape index (κ3) is 2.70. The van der Waals surface area contributed by atoms with E-state index < -0.39 is 0 Å². The summed E-state index contributed by atoms with van der Waals surface area (Å²) in [5.41, 5.74) is 2.58. The minimum absolute atomic E-state index is 0.928. The Morgan fingerprint density at radius 1 is 1.19 bits per heavy atom. The molecule has 0 amide bonds. The van der Waals surface area contributed by atoms with Crippen LogP contribution in [0.25, 0.3) is 0 Å². The van der Waals surface area contributed by atoms with Gasteiger partial charge in [0.15, 0.2) is 0 Å². The molecule has 0 aliphatic heterocycles. The first kappa shape index (κ1) is 11.3. The minimum atomic E-state index is 0.928. The lowest BCUT2D eigenvalue weighted by Gasteiger charge is -2.17. The van der Waals surface area contributed by atoms with E-state index in [1.165, 1.54) is 24.1 Å². The largest absolute Gasteiger partial charge is 0.368 e. The number of aryl methyl sites for hydroxylation is 1. The van der Waals surface area contributed by atoms with Gasteiger partial charge in [-0.3, -0.25) is 0 Å². The lowest BCUT2D eigenvalue weighted by atomic mass is 9.96. The summed E-state index contributed by atoms with van der Waals surface area (Å²) in [7, 11) is 0. The molecular formula is C12H20N4. The normalized spacial score (nSPS) is 14.6. The van der Waals surface area contributed by atoms with Crippen LogP contribution < -0.4 is 10.6 Å². The van der Waals surface area contributed by atoms with Crippen molar-refractivity contribution in [1.82, 2.24) is 15.3 Å². The van der Waals surface area contributed by atoms with Crippen LogP contribution in [0, 0.1) is 0 Å². The zero-order valence-corrected chi connectivity index (χ0v) is 9.92.